The maximum Gasteiger partial charge on any atom is 0.351 e. The van der Waals surface area contributed by atoms with Crippen molar-refractivity contribution in [3.8, 4) is 0 Å². The second kappa shape index (κ2) is 4.83. The summed E-state index contributed by atoms with van der Waals surface area (Å²) in [5.74, 6) is -0.785. The maximum absolute atomic E-state index is 12.2. The van der Waals surface area contributed by atoms with Gasteiger partial charge in [0.1, 0.15) is 18.1 Å². The van der Waals surface area contributed by atoms with Crippen molar-refractivity contribution in [3.05, 3.63) is 22.7 Å². The predicted octanol–water partition coefficient (Wildman–Crippen LogP) is -0.988. The number of Topliss-reactive ketones (excluding diaryl/α,β-unsaturated/α-hetero) is 1. The van der Waals surface area contributed by atoms with Gasteiger partial charge in [0.25, 0.3) is 0 Å². The van der Waals surface area contributed by atoms with Gasteiger partial charge in [-0.2, -0.15) is 4.98 Å². The number of carbonyl (C=O) groups excluding carboxylic acids is 1. The van der Waals surface area contributed by atoms with Gasteiger partial charge in [-0.05, 0) is 6.07 Å². The summed E-state index contributed by atoms with van der Waals surface area (Å²) in [5.41, 5.74) is 4.68. The SMILES string of the molecule is Nc1ccn([C@H]2C[C@H](O)[C@@H](C(=O)CF)O2)c(=O)n1. The number of ether oxygens (including phenoxy) is 1. The van der Waals surface area contributed by atoms with E-state index in [2.05, 4.69) is 4.98 Å². The molecule has 1 fully saturated rings. The molecule has 0 amide bonds. The van der Waals surface area contributed by atoms with Gasteiger partial charge in [0.05, 0.1) is 6.10 Å². The van der Waals surface area contributed by atoms with E-state index in [0.717, 1.165) is 4.57 Å². The Morgan fingerprint density at radius 1 is 1.72 bits per heavy atom. The first-order valence-electron chi connectivity index (χ1n) is 5.30. The van der Waals surface area contributed by atoms with Crippen LogP contribution in [0.1, 0.15) is 12.6 Å². The number of aliphatic hydroxyl groups is 1. The van der Waals surface area contributed by atoms with Crippen LogP contribution in [0.3, 0.4) is 0 Å². The van der Waals surface area contributed by atoms with E-state index in [0.29, 0.717) is 0 Å². The summed E-state index contributed by atoms with van der Waals surface area (Å²) >= 11 is 0. The molecule has 1 aromatic rings. The molecule has 1 aliphatic rings. The van der Waals surface area contributed by atoms with Crippen molar-refractivity contribution in [2.45, 2.75) is 24.9 Å². The number of halogens is 1. The number of nitrogen functional groups attached to an aromatic ring is 1. The normalized spacial score (nSPS) is 27.3. The molecule has 0 saturated carbocycles. The van der Waals surface area contributed by atoms with Crippen molar-refractivity contribution in [2.75, 3.05) is 12.4 Å². The van der Waals surface area contributed by atoms with Gasteiger partial charge in [-0.15, -0.1) is 0 Å². The van der Waals surface area contributed by atoms with Gasteiger partial charge in [-0.1, -0.05) is 0 Å². The number of rotatable bonds is 3. The molecule has 0 unspecified atom stereocenters. The Morgan fingerprint density at radius 3 is 3.06 bits per heavy atom. The number of aliphatic hydroxyl groups excluding tert-OH is 1. The predicted molar refractivity (Wildman–Crippen MR) is 58.4 cm³/mol. The van der Waals surface area contributed by atoms with E-state index in [4.69, 9.17) is 10.5 Å². The molecular weight excluding hydrogens is 245 g/mol. The molecule has 3 atom stereocenters. The zero-order chi connectivity index (χ0) is 13.3. The molecule has 7 nitrogen and oxygen atoms in total. The lowest BCUT2D eigenvalue weighted by molar-refractivity contribution is -0.136. The second-order valence-electron chi connectivity index (χ2n) is 3.96. The topological polar surface area (TPSA) is 107 Å². The summed E-state index contributed by atoms with van der Waals surface area (Å²) in [6.07, 6.45) is -1.86. The lowest BCUT2D eigenvalue weighted by atomic mass is 10.1. The minimum atomic E-state index is -1.25. The highest BCUT2D eigenvalue weighted by Gasteiger charge is 2.39. The first-order valence-corrected chi connectivity index (χ1v) is 5.30. The Morgan fingerprint density at radius 2 is 2.44 bits per heavy atom. The average molecular weight is 257 g/mol. The molecule has 8 heteroatoms. The standard InChI is InChI=1S/C10H12FN3O4/c11-4-6(16)9-5(15)3-8(18-9)14-2-1-7(12)13-10(14)17/h1-2,5,8-9,15H,3-4H2,(H2,12,13,17)/t5-,8+,9-/m0/s1. The quantitative estimate of drug-likeness (QED) is 0.720. The molecule has 2 heterocycles. The first kappa shape index (κ1) is 12.7. The number of anilines is 1. The zero-order valence-corrected chi connectivity index (χ0v) is 9.32. The van der Waals surface area contributed by atoms with Crippen molar-refractivity contribution >= 4 is 11.6 Å². The van der Waals surface area contributed by atoms with Crippen LogP contribution in [-0.4, -0.2) is 39.3 Å². The van der Waals surface area contributed by atoms with Gasteiger partial charge in [0.2, 0.25) is 0 Å². The summed E-state index contributed by atoms with van der Waals surface area (Å²) in [6, 6.07) is 1.39. The summed E-state index contributed by atoms with van der Waals surface area (Å²) in [4.78, 5) is 26.2. The van der Waals surface area contributed by atoms with E-state index in [9.17, 15) is 19.1 Å². The Balaban J connectivity index is 2.22. The largest absolute Gasteiger partial charge is 0.390 e. The molecule has 0 bridgehead atoms. The fraction of sp³-hybridized carbons (Fsp3) is 0.500. The molecule has 1 saturated heterocycles. The molecule has 0 aliphatic carbocycles. The highest BCUT2D eigenvalue weighted by molar-refractivity contribution is 5.85. The van der Waals surface area contributed by atoms with Crippen LogP contribution in [0.15, 0.2) is 17.1 Å². The van der Waals surface area contributed by atoms with Crippen LogP contribution >= 0.6 is 0 Å². The fourth-order valence-electron chi connectivity index (χ4n) is 1.84. The average Bonchev–Trinajstić information content (AvgIpc) is 2.70. The molecule has 98 valence electrons. The van der Waals surface area contributed by atoms with Gasteiger partial charge in [-0.3, -0.25) is 9.36 Å². The number of hydrogen-bond acceptors (Lipinski definition) is 6. The second-order valence-corrected chi connectivity index (χ2v) is 3.96. The molecule has 1 aromatic heterocycles. The van der Waals surface area contributed by atoms with Gasteiger partial charge >= 0.3 is 5.69 Å². The van der Waals surface area contributed by atoms with Crippen LogP contribution in [0.2, 0.25) is 0 Å². The van der Waals surface area contributed by atoms with Crippen LogP contribution in [0, 0.1) is 0 Å². The molecule has 3 N–H and O–H groups in total. The third-order valence-electron chi connectivity index (χ3n) is 2.71. The summed E-state index contributed by atoms with van der Waals surface area (Å²) < 4.78 is 18.5. The van der Waals surface area contributed by atoms with Crippen molar-refractivity contribution < 1.29 is 19.0 Å². The Hall–Kier alpha value is -1.80. The van der Waals surface area contributed by atoms with E-state index in [-0.39, 0.29) is 12.2 Å². The lowest BCUT2D eigenvalue weighted by Crippen LogP contribution is -2.32. The van der Waals surface area contributed by atoms with E-state index in [1.165, 1.54) is 12.3 Å². The van der Waals surface area contributed by atoms with E-state index in [1.807, 2.05) is 0 Å². The monoisotopic (exact) mass is 257 g/mol. The molecule has 0 radical (unpaired) electrons. The van der Waals surface area contributed by atoms with Crippen LogP contribution in [0.5, 0.6) is 0 Å². The number of ketones is 1. The Bertz CT molecular complexity index is 518. The van der Waals surface area contributed by atoms with Crippen LogP contribution < -0.4 is 11.4 Å². The number of alkyl halides is 1. The van der Waals surface area contributed by atoms with E-state index >= 15 is 0 Å². The van der Waals surface area contributed by atoms with E-state index < -0.39 is 36.6 Å². The number of carbonyl (C=O) groups is 1. The van der Waals surface area contributed by atoms with Crippen LogP contribution in [0.4, 0.5) is 10.2 Å². The Labute approximate surface area is 101 Å². The van der Waals surface area contributed by atoms with Crippen LogP contribution in [0.25, 0.3) is 0 Å². The van der Waals surface area contributed by atoms with Crippen molar-refractivity contribution in [1.29, 1.82) is 0 Å². The first-order chi connectivity index (χ1) is 8.52. The zero-order valence-electron chi connectivity index (χ0n) is 9.32. The molecular formula is C10H12FN3O4. The van der Waals surface area contributed by atoms with Gasteiger partial charge in [0.15, 0.2) is 12.5 Å². The number of nitrogens with zero attached hydrogens (tertiary/aromatic N) is 2. The number of hydrogen-bond donors (Lipinski definition) is 2. The third-order valence-corrected chi connectivity index (χ3v) is 2.71. The molecule has 2 rings (SSSR count). The highest BCUT2D eigenvalue weighted by atomic mass is 19.1. The minimum Gasteiger partial charge on any atom is -0.390 e. The molecule has 1 aliphatic heterocycles. The lowest BCUT2D eigenvalue weighted by Gasteiger charge is -2.14. The molecule has 18 heavy (non-hydrogen) atoms. The summed E-state index contributed by atoms with van der Waals surface area (Å²) in [5, 5.41) is 9.59. The van der Waals surface area contributed by atoms with Crippen molar-refractivity contribution in [2.24, 2.45) is 0 Å². The summed E-state index contributed by atoms with van der Waals surface area (Å²) in [7, 11) is 0. The molecule has 0 aromatic carbocycles. The fourth-order valence-corrected chi connectivity index (χ4v) is 1.84. The van der Waals surface area contributed by atoms with Gasteiger partial charge in [0, 0.05) is 12.6 Å². The van der Waals surface area contributed by atoms with Gasteiger partial charge in [-0.25, -0.2) is 9.18 Å². The summed E-state index contributed by atoms with van der Waals surface area (Å²) in [6.45, 7) is -1.22. The smallest absolute Gasteiger partial charge is 0.351 e. The third kappa shape index (κ3) is 2.24. The van der Waals surface area contributed by atoms with Crippen LogP contribution in [-0.2, 0) is 9.53 Å². The Kier molecular flexibility index (Phi) is 3.39. The number of aromatic nitrogens is 2. The minimum absolute atomic E-state index is 0.0158. The van der Waals surface area contributed by atoms with E-state index in [1.54, 1.807) is 0 Å². The van der Waals surface area contributed by atoms with Gasteiger partial charge < -0.3 is 15.6 Å². The number of nitrogens with two attached hydrogens (primary N) is 1. The highest BCUT2D eigenvalue weighted by Crippen LogP contribution is 2.28. The molecule has 0 spiro atoms. The van der Waals surface area contributed by atoms with Crippen molar-refractivity contribution in [3.63, 3.8) is 0 Å². The van der Waals surface area contributed by atoms with Crippen molar-refractivity contribution in [1.82, 2.24) is 9.55 Å². The maximum atomic E-state index is 12.2.